The van der Waals surface area contributed by atoms with E-state index in [9.17, 15) is 0 Å². The summed E-state index contributed by atoms with van der Waals surface area (Å²) in [6.45, 7) is 0. The SMILES string of the molecule is c1ccc(-c2nc3ccccc3nc2-c2cccc3c(-c4ccc5c(c4)C4(c6ccc7ccccc7c6-5)C5CC6CC(C5)CC4C6)cccc23)cc1. The van der Waals surface area contributed by atoms with Crippen molar-refractivity contribution in [3.8, 4) is 44.8 Å². The van der Waals surface area contributed by atoms with Crippen LogP contribution in [-0.4, -0.2) is 9.97 Å². The molecule has 0 aliphatic heterocycles. The van der Waals surface area contributed by atoms with Crippen LogP contribution in [0.15, 0.2) is 146 Å². The minimum absolute atomic E-state index is 0.110. The van der Waals surface area contributed by atoms with Crippen LogP contribution in [-0.2, 0) is 5.41 Å². The Kier molecular flexibility index (Phi) is 5.98. The van der Waals surface area contributed by atoms with Crippen molar-refractivity contribution < 1.29 is 0 Å². The molecule has 1 aromatic heterocycles. The summed E-state index contributed by atoms with van der Waals surface area (Å²) in [5.41, 5.74) is 14.8. The Morgan fingerprint density at radius 3 is 1.83 bits per heavy atom. The van der Waals surface area contributed by atoms with Gasteiger partial charge in [-0.05, 0) is 129 Å². The zero-order valence-corrected chi connectivity index (χ0v) is 29.1. The first-order chi connectivity index (χ1) is 25.7. The molecular weight excluding hydrogens is 629 g/mol. The lowest BCUT2D eigenvalue weighted by atomic mass is 9.43. The van der Waals surface area contributed by atoms with Crippen LogP contribution in [0.5, 0.6) is 0 Å². The molecule has 8 aromatic rings. The molecular formula is C50H38N2. The fraction of sp³-hybridized carbons (Fsp3) is 0.200. The third-order valence-electron chi connectivity index (χ3n) is 13.6. The van der Waals surface area contributed by atoms with Gasteiger partial charge in [0.05, 0.1) is 22.4 Å². The van der Waals surface area contributed by atoms with Crippen LogP contribution in [0.4, 0.5) is 0 Å². The van der Waals surface area contributed by atoms with Gasteiger partial charge >= 0.3 is 0 Å². The summed E-state index contributed by atoms with van der Waals surface area (Å²) in [4.78, 5) is 10.5. The normalized spacial score (nSPS) is 23.8. The van der Waals surface area contributed by atoms with Crippen LogP contribution in [0.3, 0.4) is 0 Å². The second-order valence-electron chi connectivity index (χ2n) is 16.1. The first-order valence-electron chi connectivity index (χ1n) is 19.3. The number of rotatable bonds is 3. The smallest absolute Gasteiger partial charge is 0.0979 e. The molecule has 248 valence electrons. The molecule has 5 aliphatic carbocycles. The first kappa shape index (κ1) is 29.0. The van der Waals surface area contributed by atoms with Crippen LogP contribution in [0.25, 0.3) is 77.3 Å². The van der Waals surface area contributed by atoms with Crippen LogP contribution in [0.2, 0.25) is 0 Å². The Morgan fingerprint density at radius 2 is 1.06 bits per heavy atom. The Hall–Kier alpha value is -5.60. The number of hydrogen-bond donors (Lipinski definition) is 0. The summed E-state index contributed by atoms with van der Waals surface area (Å²) in [5.74, 6) is 3.28. The van der Waals surface area contributed by atoms with E-state index in [-0.39, 0.29) is 5.41 Å². The molecule has 2 nitrogen and oxygen atoms in total. The molecule has 0 unspecified atom stereocenters. The number of hydrogen-bond acceptors (Lipinski definition) is 2. The van der Waals surface area contributed by atoms with Crippen molar-refractivity contribution in [3.63, 3.8) is 0 Å². The molecule has 13 rings (SSSR count). The van der Waals surface area contributed by atoms with Gasteiger partial charge in [-0.3, -0.25) is 0 Å². The van der Waals surface area contributed by atoms with Crippen molar-refractivity contribution in [2.75, 3.05) is 0 Å². The number of fused-ring (bicyclic) bond motifs is 7. The molecule has 0 saturated heterocycles. The van der Waals surface area contributed by atoms with E-state index in [0.717, 1.165) is 57.2 Å². The second kappa shape index (κ2) is 10.7. The fourth-order valence-corrected chi connectivity index (χ4v) is 11.9. The second-order valence-corrected chi connectivity index (χ2v) is 16.1. The Bertz CT molecular complexity index is 2730. The Morgan fingerprint density at radius 1 is 0.423 bits per heavy atom. The van der Waals surface area contributed by atoms with E-state index in [1.165, 1.54) is 75.9 Å². The predicted octanol–water partition coefficient (Wildman–Crippen LogP) is 12.7. The van der Waals surface area contributed by atoms with Gasteiger partial charge in [-0.25, -0.2) is 9.97 Å². The molecule has 0 radical (unpaired) electrons. The lowest BCUT2D eigenvalue weighted by molar-refractivity contribution is -0.0399. The van der Waals surface area contributed by atoms with Crippen molar-refractivity contribution in [3.05, 3.63) is 157 Å². The molecule has 4 saturated carbocycles. The summed E-state index contributed by atoms with van der Waals surface area (Å²) in [6.07, 6.45) is 7.01. The maximum atomic E-state index is 5.31. The van der Waals surface area contributed by atoms with E-state index >= 15 is 0 Å². The maximum Gasteiger partial charge on any atom is 0.0979 e. The summed E-state index contributed by atoms with van der Waals surface area (Å²) in [7, 11) is 0. The van der Waals surface area contributed by atoms with Crippen molar-refractivity contribution in [1.29, 1.82) is 0 Å². The van der Waals surface area contributed by atoms with E-state index in [1.54, 1.807) is 11.1 Å². The van der Waals surface area contributed by atoms with Crippen molar-refractivity contribution in [1.82, 2.24) is 9.97 Å². The molecule has 4 fully saturated rings. The average Bonchev–Trinajstić information content (AvgIpc) is 3.49. The predicted molar refractivity (Wildman–Crippen MR) is 214 cm³/mol. The van der Waals surface area contributed by atoms with Gasteiger partial charge in [-0.2, -0.15) is 0 Å². The Labute approximate surface area is 304 Å². The zero-order valence-electron chi connectivity index (χ0n) is 29.1. The first-order valence-corrected chi connectivity index (χ1v) is 19.3. The van der Waals surface area contributed by atoms with Crippen molar-refractivity contribution in [2.24, 2.45) is 23.7 Å². The van der Waals surface area contributed by atoms with E-state index in [4.69, 9.17) is 9.97 Å². The lowest BCUT2D eigenvalue weighted by Crippen LogP contribution is -2.55. The highest BCUT2D eigenvalue weighted by atomic mass is 14.8. The zero-order chi connectivity index (χ0) is 34.0. The fourth-order valence-electron chi connectivity index (χ4n) is 11.9. The van der Waals surface area contributed by atoms with Gasteiger partial charge in [0.25, 0.3) is 0 Å². The largest absolute Gasteiger partial charge is 0.244 e. The highest BCUT2D eigenvalue weighted by Gasteiger charge is 2.61. The van der Waals surface area contributed by atoms with Gasteiger partial charge < -0.3 is 0 Å². The lowest BCUT2D eigenvalue weighted by Gasteiger charge is -2.61. The summed E-state index contributed by atoms with van der Waals surface area (Å²) in [5, 5.41) is 5.24. The monoisotopic (exact) mass is 666 g/mol. The van der Waals surface area contributed by atoms with Gasteiger partial charge in [-0.15, -0.1) is 0 Å². The third kappa shape index (κ3) is 3.90. The number of aromatic nitrogens is 2. The molecule has 1 spiro atoms. The minimum atomic E-state index is 0.110. The number of para-hydroxylation sites is 2. The number of nitrogens with zero attached hydrogens (tertiary/aromatic N) is 2. The molecule has 2 heteroatoms. The quantitative estimate of drug-likeness (QED) is 0.188. The molecule has 0 atom stereocenters. The van der Waals surface area contributed by atoms with E-state index in [2.05, 4.69) is 140 Å². The average molecular weight is 667 g/mol. The van der Waals surface area contributed by atoms with Gasteiger partial charge in [0.1, 0.15) is 0 Å². The highest BCUT2D eigenvalue weighted by molar-refractivity contribution is 6.07. The van der Waals surface area contributed by atoms with E-state index in [0.29, 0.717) is 0 Å². The molecule has 5 aliphatic rings. The topological polar surface area (TPSA) is 25.8 Å². The molecule has 0 N–H and O–H groups in total. The Balaban J connectivity index is 1.08. The van der Waals surface area contributed by atoms with Gasteiger partial charge in [0.2, 0.25) is 0 Å². The molecule has 4 bridgehead atoms. The number of benzene rings is 7. The highest BCUT2D eigenvalue weighted by Crippen LogP contribution is 2.70. The summed E-state index contributed by atoms with van der Waals surface area (Å²) >= 11 is 0. The maximum absolute atomic E-state index is 5.31. The van der Waals surface area contributed by atoms with Crippen LogP contribution < -0.4 is 0 Å². The molecule has 52 heavy (non-hydrogen) atoms. The third-order valence-corrected chi connectivity index (χ3v) is 13.6. The van der Waals surface area contributed by atoms with E-state index < -0.39 is 0 Å². The van der Waals surface area contributed by atoms with Crippen LogP contribution in [0, 0.1) is 23.7 Å². The van der Waals surface area contributed by atoms with Crippen molar-refractivity contribution in [2.45, 2.75) is 37.5 Å². The summed E-state index contributed by atoms with van der Waals surface area (Å²) in [6, 6.07) is 53.9. The summed E-state index contributed by atoms with van der Waals surface area (Å²) < 4.78 is 0. The molecule has 1 heterocycles. The van der Waals surface area contributed by atoms with Gasteiger partial charge in [-0.1, -0.05) is 127 Å². The van der Waals surface area contributed by atoms with Crippen LogP contribution >= 0.6 is 0 Å². The molecule has 7 aromatic carbocycles. The van der Waals surface area contributed by atoms with Gasteiger partial charge in [0, 0.05) is 16.5 Å². The minimum Gasteiger partial charge on any atom is -0.244 e. The molecule has 0 amide bonds. The standard InChI is InChI=1S/C50H38N2/c1-2-11-33(12-3-1)48-49(52-46-19-7-6-18-45(46)51-48)41-17-9-15-39-37(14-8-16-40(39)41)34-20-22-42-44(29-34)50(35-25-30-24-31(27-35)28-36(50)26-30)43-23-21-32-10-4-5-13-38(32)47(42)43/h1-23,29-31,35-36H,24-28H2. The van der Waals surface area contributed by atoms with Gasteiger partial charge in [0.15, 0.2) is 0 Å². The van der Waals surface area contributed by atoms with Crippen LogP contribution in [0.1, 0.15) is 43.2 Å². The van der Waals surface area contributed by atoms with Crippen molar-refractivity contribution >= 4 is 32.6 Å². The van der Waals surface area contributed by atoms with E-state index in [1.807, 2.05) is 6.07 Å².